The summed E-state index contributed by atoms with van der Waals surface area (Å²) >= 11 is 1.17. The van der Waals surface area contributed by atoms with Crippen LogP contribution in [0.15, 0.2) is 64.2 Å². The first-order valence-corrected chi connectivity index (χ1v) is 10.6. The Bertz CT molecular complexity index is 1060. The molecule has 1 heterocycles. The van der Waals surface area contributed by atoms with Gasteiger partial charge < -0.3 is 5.32 Å². The van der Waals surface area contributed by atoms with Crippen molar-refractivity contribution in [3.05, 3.63) is 76.7 Å². The maximum Gasteiger partial charge on any atom is 0.273 e. The third-order valence-electron chi connectivity index (χ3n) is 4.46. The number of carbonyl (C=O) groups is 1. The number of amides is 1. The van der Waals surface area contributed by atoms with Crippen LogP contribution in [0.1, 0.15) is 21.5 Å². The van der Waals surface area contributed by atoms with E-state index in [0.29, 0.717) is 11.3 Å². The van der Waals surface area contributed by atoms with Gasteiger partial charge in [0.1, 0.15) is 4.21 Å². The molecule has 1 aromatic heterocycles. The van der Waals surface area contributed by atoms with Crippen LogP contribution in [0.2, 0.25) is 0 Å². The van der Waals surface area contributed by atoms with Crippen molar-refractivity contribution in [2.45, 2.75) is 18.1 Å². The first-order valence-electron chi connectivity index (χ1n) is 8.31. The highest BCUT2D eigenvalue weighted by Crippen LogP contribution is 2.25. The number of aryl methyl sites for hydroxylation is 1. The van der Waals surface area contributed by atoms with Crippen molar-refractivity contribution in [2.24, 2.45) is 0 Å². The second-order valence-electron chi connectivity index (χ2n) is 6.15. The SMILES string of the molecule is Cc1cccc(NC(=O)c2ccc(N(C)S(=O)(=O)c3cccs3)cc2)c1C. The summed E-state index contributed by atoms with van der Waals surface area (Å²) in [5, 5.41) is 4.62. The Hall–Kier alpha value is -2.64. The molecule has 0 bridgehead atoms. The predicted molar refractivity (Wildman–Crippen MR) is 110 cm³/mol. The van der Waals surface area contributed by atoms with E-state index in [1.54, 1.807) is 41.8 Å². The van der Waals surface area contributed by atoms with Crippen molar-refractivity contribution in [3.8, 4) is 0 Å². The molecule has 1 N–H and O–H groups in total. The summed E-state index contributed by atoms with van der Waals surface area (Å²) in [5.41, 5.74) is 3.84. The number of nitrogens with zero attached hydrogens (tertiary/aromatic N) is 1. The van der Waals surface area contributed by atoms with Gasteiger partial charge in [-0.25, -0.2) is 8.42 Å². The van der Waals surface area contributed by atoms with Crippen LogP contribution in [-0.2, 0) is 10.0 Å². The molecule has 3 aromatic rings. The van der Waals surface area contributed by atoms with E-state index in [-0.39, 0.29) is 10.1 Å². The summed E-state index contributed by atoms with van der Waals surface area (Å²) in [6.07, 6.45) is 0. The van der Waals surface area contributed by atoms with Gasteiger partial charge in [0.2, 0.25) is 0 Å². The minimum absolute atomic E-state index is 0.237. The van der Waals surface area contributed by atoms with E-state index in [2.05, 4.69) is 5.32 Å². The lowest BCUT2D eigenvalue weighted by atomic mass is 10.1. The van der Waals surface area contributed by atoms with Crippen LogP contribution in [0.25, 0.3) is 0 Å². The molecule has 0 fully saturated rings. The molecule has 27 heavy (non-hydrogen) atoms. The van der Waals surface area contributed by atoms with Crippen molar-refractivity contribution in [2.75, 3.05) is 16.7 Å². The summed E-state index contributed by atoms with van der Waals surface area (Å²) in [6, 6.07) is 15.5. The number of carbonyl (C=O) groups excluding carboxylic acids is 1. The minimum Gasteiger partial charge on any atom is -0.322 e. The molecule has 0 atom stereocenters. The van der Waals surface area contributed by atoms with Crippen LogP contribution in [0.3, 0.4) is 0 Å². The zero-order valence-corrected chi connectivity index (χ0v) is 16.9. The smallest absolute Gasteiger partial charge is 0.273 e. The van der Waals surface area contributed by atoms with Crippen molar-refractivity contribution < 1.29 is 13.2 Å². The molecule has 7 heteroatoms. The van der Waals surface area contributed by atoms with Gasteiger partial charge in [-0.2, -0.15) is 0 Å². The lowest BCUT2D eigenvalue weighted by Crippen LogP contribution is -2.25. The Balaban J connectivity index is 1.79. The molecule has 140 valence electrons. The standard InChI is InChI=1S/C20H20N2O3S2/c1-14-6-4-7-18(15(14)2)21-20(23)16-9-11-17(12-10-16)22(3)27(24,25)19-8-5-13-26-19/h4-13H,1-3H3,(H,21,23). The number of anilines is 2. The average molecular weight is 401 g/mol. The third-order valence-corrected chi connectivity index (χ3v) is 7.61. The summed E-state index contributed by atoms with van der Waals surface area (Å²) < 4.78 is 26.7. The third kappa shape index (κ3) is 3.89. The largest absolute Gasteiger partial charge is 0.322 e. The molecule has 0 aliphatic heterocycles. The number of sulfonamides is 1. The maximum atomic E-state index is 12.6. The van der Waals surface area contributed by atoms with Crippen molar-refractivity contribution in [1.29, 1.82) is 0 Å². The highest BCUT2D eigenvalue weighted by atomic mass is 32.2. The van der Waals surface area contributed by atoms with Gasteiger partial charge in [0.15, 0.2) is 0 Å². The topological polar surface area (TPSA) is 66.5 Å². The second-order valence-corrected chi connectivity index (χ2v) is 9.30. The highest BCUT2D eigenvalue weighted by molar-refractivity contribution is 7.94. The normalized spacial score (nSPS) is 11.2. The van der Waals surface area contributed by atoms with Gasteiger partial charge in [-0.05, 0) is 66.8 Å². The Morgan fingerprint density at radius 2 is 1.70 bits per heavy atom. The first-order chi connectivity index (χ1) is 12.8. The Kier molecular flexibility index (Phi) is 5.34. The molecule has 0 saturated carbocycles. The summed E-state index contributed by atoms with van der Waals surface area (Å²) in [6.45, 7) is 3.95. The molecule has 0 spiro atoms. The number of hydrogen-bond donors (Lipinski definition) is 1. The number of nitrogens with one attached hydrogen (secondary N) is 1. The van der Waals surface area contributed by atoms with Crippen molar-refractivity contribution >= 4 is 38.6 Å². The van der Waals surface area contributed by atoms with Gasteiger partial charge in [0.05, 0.1) is 5.69 Å². The van der Waals surface area contributed by atoms with E-state index in [4.69, 9.17) is 0 Å². The Morgan fingerprint density at radius 3 is 2.33 bits per heavy atom. The van der Waals surface area contributed by atoms with Crippen molar-refractivity contribution in [1.82, 2.24) is 0 Å². The van der Waals surface area contributed by atoms with E-state index in [0.717, 1.165) is 16.8 Å². The summed E-state index contributed by atoms with van der Waals surface area (Å²) in [4.78, 5) is 12.5. The second kappa shape index (κ2) is 7.54. The maximum absolute atomic E-state index is 12.6. The highest BCUT2D eigenvalue weighted by Gasteiger charge is 2.22. The minimum atomic E-state index is -3.59. The van der Waals surface area contributed by atoms with Gasteiger partial charge in [-0.3, -0.25) is 9.10 Å². The monoisotopic (exact) mass is 400 g/mol. The molecule has 3 rings (SSSR count). The number of benzene rings is 2. The van der Waals surface area contributed by atoms with Crippen LogP contribution in [0, 0.1) is 13.8 Å². The zero-order chi connectivity index (χ0) is 19.6. The summed E-state index contributed by atoms with van der Waals surface area (Å²) in [7, 11) is -2.09. The lowest BCUT2D eigenvalue weighted by Gasteiger charge is -2.18. The molecule has 5 nitrogen and oxygen atoms in total. The van der Waals surface area contributed by atoms with Crippen molar-refractivity contribution in [3.63, 3.8) is 0 Å². The zero-order valence-electron chi connectivity index (χ0n) is 15.3. The van der Waals surface area contributed by atoms with Gasteiger partial charge >= 0.3 is 0 Å². The van der Waals surface area contributed by atoms with E-state index in [9.17, 15) is 13.2 Å². The van der Waals surface area contributed by atoms with Crippen LogP contribution in [0.4, 0.5) is 11.4 Å². The first kappa shape index (κ1) is 19.1. The quantitative estimate of drug-likeness (QED) is 0.688. The van der Waals surface area contributed by atoms with Crippen LogP contribution in [-0.4, -0.2) is 21.4 Å². The number of hydrogen-bond acceptors (Lipinski definition) is 4. The lowest BCUT2D eigenvalue weighted by molar-refractivity contribution is 0.102. The Morgan fingerprint density at radius 1 is 1.00 bits per heavy atom. The van der Waals surface area contributed by atoms with Crippen LogP contribution >= 0.6 is 11.3 Å². The van der Waals surface area contributed by atoms with Crippen LogP contribution in [0.5, 0.6) is 0 Å². The van der Waals surface area contributed by atoms with Gasteiger partial charge in [-0.15, -0.1) is 11.3 Å². The fourth-order valence-corrected chi connectivity index (χ4v) is 4.94. The molecular weight excluding hydrogens is 380 g/mol. The van der Waals surface area contributed by atoms with Gasteiger partial charge in [0, 0.05) is 18.3 Å². The van der Waals surface area contributed by atoms with E-state index < -0.39 is 10.0 Å². The fraction of sp³-hybridized carbons (Fsp3) is 0.150. The Labute approximate surface area is 163 Å². The van der Waals surface area contributed by atoms with Gasteiger partial charge in [0.25, 0.3) is 15.9 Å². The predicted octanol–water partition coefficient (Wildman–Crippen LogP) is 4.44. The molecule has 0 aliphatic rings. The number of thiophene rings is 1. The van der Waals surface area contributed by atoms with Crippen LogP contribution < -0.4 is 9.62 Å². The molecule has 0 saturated heterocycles. The number of rotatable bonds is 5. The van der Waals surface area contributed by atoms with E-state index >= 15 is 0 Å². The van der Waals surface area contributed by atoms with E-state index in [1.807, 2.05) is 32.0 Å². The molecule has 0 radical (unpaired) electrons. The molecule has 0 unspecified atom stereocenters. The molecular formula is C20H20N2O3S2. The summed E-state index contributed by atoms with van der Waals surface area (Å²) in [5.74, 6) is -0.237. The molecule has 0 aliphatic carbocycles. The average Bonchev–Trinajstić information content (AvgIpc) is 3.20. The van der Waals surface area contributed by atoms with Gasteiger partial charge in [-0.1, -0.05) is 18.2 Å². The fourth-order valence-electron chi connectivity index (χ4n) is 2.59. The molecule has 2 aromatic carbocycles. The molecule has 1 amide bonds. The van der Waals surface area contributed by atoms with E-state index in [1.165, 1.54) is 22.7 Å².